The highest BCUT2D eigenvalue weighted by molar-refractivity contribution is 5.94. The first kappa shape index (κ1) is 17.9. The number of rotatable bonds is 7. The maximum absolute atomic E-state index is 12.5. The standard InChI is InChI=1S/C21H24N4O/c1-24(2)20(18-7-4-3-5-8-18)15-22-21(26)19-11-9-17(10-12-19)16-25-14-6-13-23-25/h3-14,20H,15-16H2,1-2H3,(H,22,26). The van der Waals surface area contributed by atoms with Crippen molar-refractivity contribution in [3.05, 3.63) is 89.7 Å². The average molecular weight is 348 g/mol. The summed E-state index contributed by atoms with van der Waals surface area (Å²) >= 11 is 0. The van der Waals surface area contributed by atoms with E-state index in [0.717, 1.165) is 5.56 Å². The third-order valence-corrected chi connectivity index (χ3v) is 4.38. The van der Waals surface area contributed by atoms with Gasteiger partial charge in [0, 0.05) is 24.5 Å². The van der Waals surface area contributed by atoms with Crippen LogP contribution in [0.15, 0.2) is 73.1 Å². The van der Waals surface area contributed by atoms with E-state index >= 15 is 0 Å². The van der Waals surface area contributed by atoms with Crippen molar-refractivity contribution in [2.45, 2.75) is 12.6 Å². The Morgan fingerprint density at radius 2 is 1.81 bits per heavy atom. The SMILES string of the molecule is CN(C)C(CNC(=O)c1ccc(Cn2cccn2)cc1)c1ccccc1. The molecule has 0 aliphatic carbocycles. The lowest BCUT2D eigenvalue weighted by molar-refractivity contribution is 0.0942. The summed E-state index contributed by atoms with van der Waals surface area (Å²) in [6, 6.07) is 19.9. The first-order valence-electron chi connectivity index (χ1n) is 8.69. The molecule has 3 rings (SSSR count). The molecule has 0 fully saturated rings. The summed E-state index contributed by atoms with van der Waals surface area (Å²) < 4.78 is 1.86. The van der Waals surface area contributed by atoms with Crippen molar-refractivity contribution in [3.63, 3.8) is 0 Å². The number of hydrogen-bond acceptors (Lipinski definition) is 3. The number of hydrogen-bond donors (Lipinski definition) is 1. The molecule has 26 heavy (non-hydrogen) atoms. The Labute approximate surface area is 154 Å². The lowest BCUT2D eigenvalue weighted by Gasteiger charge is -2.25. The van der Waals surface area contributed by atoms with Crippen molar-refractivity contribution in [3.8, 4) is 0 Å². The fourth-order valence-corrected chi connectivity index (χ4v) is 2.91. The van der Waals surface area contributed by atoms with E-state index in [1.807, 2.05) is 73.5 Å². The molecule has 2 aromatic carbocycles. The molecule has 134 valence electrons. The number of nitrogens with one attached hydrogen (secondary N) is 1. The fourth-order valence-electron chi connectivity index (χ4n) is 2.91. The van der Waals surface area contributed by atoms with Gasteiger partial charge in [0.15, 0.2) is 0 Å². The number of nitrogens with zero attached hydrogens (tertiary/aromatic N) is 3. The maximum atomic E-state index is 12.5. The van der Waals surface area contributed by atoms with E-state index in [4.69, 9.17) is 0 Å². The zero-order chi connectivity index (χ0) is 18.4. The summed E-state index contributed by atoms with van der Waals surface area (Å²) in [5.74, 6) is -0.0570. The summed E-state index contributed by atoms with van der Waals surface area (Å²) in [7, 11) is 4.04. The number of aromatic nitrogens is 2. The van der Waals surface area contributed by atoms with Gasteiger partial charge in [0.1, 0.15) is 0 Å². The van der Waals surface area contributed by atoms with Crippen LogP contribution in [-0.4, -0.2) is 41.2 Å². The Morgan fingerprint density at radius 1 is 1.08 bits per heavy atom. The number of carbonyl (C=O) groups is 1. The maximum Gasteiger partial charge on any atom is 0.251 e. The molecule has 1 unspecified atom stereocenters. The van der Waals surface area contributed by atoms with E-state index in [1.165, 1.54) is 5.56 Å². The minimum Gasteiger partial charge on any atom is -0.350 e. The third-order valence-electron chi connectivity index (χ3n) is 4.38. The van der Waals surface area contributed by atoms with Crippen molar-refractivity contribution < 1.29 is 4.79 Å². The molecule has 1 N–H and O–H groups in total. The molecule has 0 radical (unpaired) electrons. The van der Waals surface area contributed by atoms with E-state index in [0.29, 0.717) is 18.7 Å². The first-order valence-corrected chi connectivity index (χ1v) is 8.69. The highest BCUT2D eigenvalue weighted by Gasteiger charge is 2.15. The molecular formula is C21H24N4O. The van der Waals surface area contributed by atoms with Crippen molar-refractivity contribution >= 4 is 5.91 Å². The van der Waals surface area contributed by atoms with Gasteiger partial charge in [-0.1, -0.05) is 42.5 Å². The van der Waals surface area contributed by atoms with Gasteiger partial charge < -0.3 is 10.2 Å². The quantitative estimate of drug-likeness (QED) is 0.714. The van der Waals surface area contributed by atoms with Crippen LogP contribution in [0.25, 0.3) is 0 Å². The normalized spacial score (nSPS) is 12.1. The fraction of sp³-hybridized carbons (Fsp3) is 0.238. The number of likely N-dealkylation sites (N-methyl/N-ethyl adjacent to an activating group) is 1. The molecule has 5 nitrogen and oxygen atoms in total. The van der Waals surface area contributed by atoms with E-state index in [9.17, 15) is 4.79 Å². The van der Waals surface area contributed by atoms with Crippen LogP contribution in [0.3, 0.4) is 0 Å². The van der Waals surface area contributed by atoms with Crippen LogP contribution < -0.4 is 5.32 Å². The van der Waals surface area contributed by atoms with Crippen molar-refractivity contribution in [1.82, 2.24) is 20.0 Å². The van der Waals surface area contributed by atoms with Crippen molar-refractivity contribution in [1.29, 1.82) is 0 Å². The van der Waals surface area contributed by atoms with E-state index < -0.39 is 0 Å². The molecule has 3 aromatic rings. The molecule has 0 aliphatic heterocycles. The van der Waals surface area contributed by atoms with Gasteiger partial charge in [-0.2, -0.15) is 5.10 Å². The number of benzene rings is 2. The van der Waals surface area contributed by atoms with Crippen LogP contribution in [0.1, 0.15) is 27.5 Å². The number of amides is 1. The van der Waals surface area contributed by atoms with E-state index in [2.05, 4.69) is 27.4 Å². The van der Waals surface area contributed by atoms with Gasteiger partial charge in [-0.15, -0.1) is 0 Å². The van der Waals surface area contributed by atoms with Crippen LogP contribution in [0.4, 0.5) is 0 Å². The molecule has 1 amide bonds. The van der Waals surface area contributed by atoms with Crippen LogP contribution >= 0.6 is 0 Å². The van der Waals surface area contributed by atoms with E-state index in [1.54, 1.807) is 6.20 Å². The number of carbonyl (C=O) groups excluding carboxylic acids is 1. The summed E-state index contributed by atoms with van der Waals surface area (Å²) in [5.41, 5.74) is 2.97. The van der Waals surface area contributed by atoms with Gasteiger partial charge in [0.25, 0.3) is 5.91 Å². The Kier molecular flexibility index (Phi) is 5.81. The summed E-state index contributed by atoms with van der Waals surface area (Å²) in [6.45, 7) is 1.26. The summed E-state index contributed by atoms with van der Waals surface area (Å²) in [5, 5.41) is 7.24. The van der Waals surface area contributed by atoms with Gasteiger partial charge in [-0.05, 0) is 43.4 Å². The molecule has 1 heterocycles. The first-order chi connectivity index (χ1) is 12.6. The minimum absolute atomic E-state index is 0.0570. The Bertz CT molecular complexity index is 811. The lowest BCUT2D eigenvalue weighted by atomic mass is 10.1. The third kappa shape index (κ3) is 4.58. The monoisotopic (exact) mass is 348 g/mol. The Hall–Kier alpha value is -2.92. The average Bonchev–Trinajstić information content (AvgIpc) is 3.16. The molecule has 0 spiro atoms. The minimum atomic E-state index is -0.0570. The predicted molar refractivity (Wildman–Crippen MR) is 103 cm³/mol. The summed E-state index contributed by atoms with van der Waals surface area (Å²) in [4.78, 5) is 14.6. The zero-order valence-corrected chi connectivity index (χ0v) is 15.2. The van der Waals surface area contributed by atoms with Crippen LogP contribution in [-0.2, 0) is 6.54 Å². The van der Waals surface area contributed by atoms with Crippen molar-refractivity contribution in [2.24, 2.45) is 0 Å². The molecule has 0 aliphatic rings. The molecule has 1 atom stereocenters. The lowest BCUT2D eigenvalue weighted by Crippen LogP contribution is -2.34. The summed E-state index contributed by atoms with van der Waals surface area (Å²) in [6.07, 6.45) is 3.68. The molecule has 0 saturated heterocycles. The second kappa shape index (κ2) is 8.45. The van der Waals surface area contributed by atoms with E-state index in [-0.39, 0.29) is 11.9 Å². The largest absolute Gasteiger partial charge is 0.350 e. The zero-order valence-electron chi connectivity index (χ0n) is 15.2. The van der Waals surface area contributed by atoms with Crippen molar-refractivity contribution in [2.75, 3.05) is 20.6 Å². The van der Waals surface area contributed by atoms with Gasteiger partial charge in [0.2, 0.25) is 0 Å². The van der Waals surface area contributed by atoms with Gasteiger partial charge in [-0.25, -0.2) is 0 Å². The van der Waals surface area contributed by atoms with Crippen LogP contribution in [0.2, 0.25) is 0 Å². The molecule has 0 bridgehead atoms. The van der Waals surface area contributed by atoms with Crippen LogP contribution in [0, 0.1) is 0 Å². The predicted octanol–water partition coefficient (Wildman–Crippen LogP) is 2.96. The highest BCUT2D eigenvalue weighted by atomic mass is 16.1. The highest BCUT2D eigenvalue weighted by Crippen LogP contribution is 2.17. The van der Waals surface area contributed by atoms with Gasteiger partial charge in [-0.3, -0.25) is 9.48 Å². The molecule has 1 aromatic heterocycles. The molecule has 0 saturated carbocycles. The van der Waals surface area contributed by atoms with Gasteiger partial charge >= 0.3 is 0 Å². The molecule has 5 heteroatoms. The molecular weight excluding hydrogens is 324 g/mol. The second-order valence-corrected chi connectivity index (χ2v) is 6.50. The van der Waals surface area contributed by atoms with Gasteiger partial charge in [0.05, 0.1) is 12.6 Å². The topological polar surface area (TPSA) is 50.2 Å². The Morgan fingerprint density at radius 3 is 2.42 bits per heavy atom. The Balaban J connectivity index is 1.60. The van der Waals surface area contributed by atoms with Crippen LogP contribution in [0.5, 0.6) is 0 Å². The second-order valence-electron chi connectivity index (χ2n) is 6.50. The smallest absolute Gasteiger partial charge is 0.251 e.